The smallest absolute Gasteiger partial charge is 0.149 e. The average Bonchev–Trinajstić information content (AvgIpc) is 2.16. The van der Waals surface area contributed by atoms with E-state index in [1.165, 1.54) is 18.4 Å². The van der Waals surface area contributed by atoms with Crippen molar-refractivity contribution in [3.63, 3.8) is 0 Å². The lowest BCUT2D eigenvalue weighted by molar-refractivity contribution is 0.561. The summed E-state index contributed by atoms with van der Waals surface area (Å²) in [5, 5.41) is 3.07. The summed E-state index contributed by atoms with van der Waals surface area (Å²) in [5.41, 5.74) is 0.786. The van der Waals surface area contributed by atoms with Crippen LogP contribution in [0.2, 0.25) is 0 Å². The van der Waals surface area contributed by atoms with Crippen molar-refractivity contribution in [2.24, 2.45) is 0 Å². The van der Waals surface area contributed by atoms with Gasteiger partial charge in [-0.25, -0.2) is 12.8 Å². The predicted octanol–water partition coefficient (Wildman–Crippen LogP) is 1.52. The third kappa shape index (κ3) is 4.28. The summed E-state index contributed by atoms with van der Waals surface area (Å²) in [6, 6.07) is 5.60. The van der Waals surface area contributed by atoms with Gasteiger partial charge in [-0.15, -0.1) is 0 Å². The number of benzene rings is 1. The molecule has 0 spiro atoms. The molecular weight excluding hydrogens is 229 g/mol. The van der Waals surface area contributed by atoms with Crippen LogP contribution in [0.3, 0.4) is 0 Å². The lowest BCUT2D eigenvalue weighted by Crippen LogP contribution is -2.27. The van der Waals surface area contributed by atoms with Crippen molar-refractivity contribution >= 4 is 9.84 Å². The Morgan fingerprint density at radius 3 is 2.31 bits per heavy atom. The van der Waals surface area contributed by atoms with Crippen molar-refractivity contribution in [3.8, 4) is 0 Å². The van der Waals surface area contributed by atoms with Gasteiger partial charge in [-0.2, -0.15) is 0 Å². The van der Waals surface area contributed by atoms with Crippen LogP contribution in [-0.2, 0) is 9.84 Å². The van der Waals surface area contributed by atoms with E-state index >= 15 is 0 Å². The number of hydrogen-bond donors (Lipinski definition) is 1. The molecule has 0 saturated carbocycles. The van der Waals surface area contributed by atoms with Crippen LogP contribution >= 0.6 is 0 Å². The molecule has 0 aromatic heterocycles. The molecule has 16 heavy (non-hydrogen) atoms. The highest BCUT2D eigenvalue weighted by Crippen LogP contribution is 2.15. The van der Waals surface area contributed by atoms with Crippen molar-refractivity contribution in [1.82, 2.24) is 5.32 Å². The fourth-order valence-electron chi connectivity index (χ4n) is 1.52. The number of halogens is 1. The topological polar surface area (TPSA) is 46.2 Å². The van der Waals surface area contributed by atoms with Crippen LogP contribution in [0.25, 0.3) is 0 Å². The maximum atomic E-state index is 12.7. The molecule has 0 fully saturated rings. The first-order valence-electron chi connectivity index (χ1n) is 5.09. The van der Waals surface area contributed by atoms with Crippen molar-refractivity contribution in [1.29, 1.82) is 0 Å². The lowest BCUT2D eigenvalue weighted by Gasteiger charge is -2.17. The van der Waals surface area contributed by atoms with E-state index in [0.29, 0.717) is 6.54 Å². The van der Waals surface area contributed by atoms with Gasteiger partial charge in [0.2, 0.25) is 0 Å². The van der Waals surface area contributed by atoms with Gasteiger partial charge in [-0.1, -0.05) is 19.1 Å². The first-order chi connectivity index (χ1) is 7.42. The van der Waals surface area contributed by atoms with Crippen LogP contribution in [0, 0.1) is 5.82 Å². The van der Waals surface area contributed by atoms with Crippen LogP contribution in [0.15, 0.2) is 24.3 Å². The van der Waals surface area contributed by atoms with Gasteiger partial charge in [0.15, 0.2) is 0 Å². The summed E-state index contributed by atoms with van der Waals surface area (Å²) in [4.78, 5) is 0. The van der Waals surface area contributed by atoms with Gasteiger partial charge in [0.05, 0.1) is 5.75 Å². The molecule has 0 radical (unpaired) electrons. The van der Waals surface area contributed by atoms with Gasteiger partial charge in [0.1, 0.15) is 15.7 Å². The minimum atomic E-state index is -3.06. The zero-order valence-corrected chi connectivity index (χ0v) is 10.2. The molecule has 1 atom stereocenters. The Balaban J connectivity index is 2.89. The molecule has 0 aliphatic rings. The van der Waals surface area contributed by atoms with Crippen molar-refractivity contribution in [3.05, 3.63) is 35.6 Å². The zero-order valence-electron chi connectivity index (χ0n) is 9.40. The molecule has 0 heterocycles. The molecule has 0 aliphatic heterocycles. The van der Waals surface area contributed by atoms with Crippen molar-refractivity contribution in [2.75, 3.05) is 18.6 Å². The fraction of sp³-hybridized carbons (Fsp3) is 0.455. The van der Waals surface area contributed by atoms with Crippen LogP contribution in [0.4, 0.5) is 4.39 Å². The number of nitrogens with one attached hydrogen (secondary N) is 1. The Kier molecular flexibility index (Phi) is 4.44. The SMILES string of the molecule is CCNC(CS(C)(=O)=O)c1ccc(F)cc1. The van der Waals surface area contributed by atoms with E-state index in [4.69, 9.17) is 0 Å². The van der Waals surface area contributed by atoms with Crippen LogP contribution in [0.5, 0.6) is 0 Å². The third-order valence-electron chi connectivity index (χ3n) is 2.19. The lowest BCUT2D eigenvalue weighted by atomic mass is 10.1. The molecule has 0 bridgehead atoms. The highest BCUT2D eigenvalue weighted by Gasteiger charge is 2.16. The quantitative estimate of drug-likeness (QED) is 0.855. The molecule has 1 N–H and O–H groups in total. The maximum Gasteiger partial charge on any atom is 0.149 e. The van der Waals surface area contributed by atoms with Gasteiger partial charge < -0.3 is 5.32 Å². The van der Waals surface area contributed by atoms with Crippen molar-refractivity contribution < 1.29 is 12.8 Å². The van der Waals surface area contributed by atoms with E-state index in [1.54, 1.807) is 12.1 Å². The van der Waals surface area contributed by atoms with Gasteiger partial charge in [-0.05, 0) is 24.2 Å². The van der Waals surface area contributed by atoms with E-state index in [1.807, 2.05) is 6.92 Å². The molecule has 0 amide bonds. The largest absolute Gasteiger partial charge is 0.309 e. The Hall–Kier alpha value is -0.940. The molecule has 1 aromatic carbocycles. The Bertz CT molecular complexity index is 428. The van der Waals surface area contributed by atoms with Gasteiger partial charge in [0.25, 0.3) is 0 Å². The summed E-state index contributed by atoms with van der Waals surface area (Å²) in [6.07, 6.45) is 1.20. The average molecular weight is 245 g/mol. The summed E-state index contributed by atoms with van der Waals surface area (Å²) in [7, 11) is -3.06. The summed E-state index contributed by atoms with van der Waals surface area (Å²) >= 11 is 0. The van der Waals surface area contributed by atoms with E-state index in [9.17, 15) is 12.8 Å². The molecule has 1 aromatic rings. The minimum absolute atomic E-state index is 0.0203. The summed E-state index contributed by atoms with van der Waals surface area (Å²) < 4.78 is 35.2. The highest BCUT2D eigenvalue weighted by atomic mass is 32.2. The number of sulfone groups is 1. The molecule has 3 nitrogen and oxygen atoms in total. The first-order valence-corrected chi connectivity index (χ1v) is 7.15. The third-order valence-corrected chi connectivity index (χ3v) is 3.13. The second kappa shape index (κ2) is 5.41. The molecule has 0 saturated heterocycles. The first kappa shape index (κ1) is 13.1. The Morgan fingerprint density at radius 1 is 1.31 bits per heavy atom. The van der Waals surface area contributed by atoms with Crippen LogP contribution in [-0.4, -0.2) is 27.0 Å². The predicted molar refractivity (Wildman–Crippen MR) is 62.5 cm³/mol. The van der Waals surface area contributed by atoms with Gasteiger partial charge in [0, 0.05) is 12.3 Å². The standard InChI is InChI=1S/C11H16FNO2S/c1-3-13-11(8-16(2,14)15)9-4-6-10(12)7-5-9/h4-7,11,13H,3,8H2,1-2H3. The highest BCUT2D eigenvalue weighted by molar-refractivity contribution is 7.90. The molecule has 5 heteroatoms. The number of hydrogen-bond acceptors (Lipinski definition) is 3. The fourth-order valence-corrected chi connectivity index (χ4v) is 2.43. The normalized spacial score (nSPS) is 13.7. The zero-order chi connectivity index (χ0) is 12.2. The van der Waals surface area contributed by atoms with Gasteiger partial charge >= 0.3 is 0 Å². The number of rotatable bonds is 5. The van der Waals surface area contributed by atoms with Crippen molar-refractivity contribution in [2.45, 2.75) is 13.0 Å². The maximum absolute atomic E-state index is 12.7. The molecule has 1 rings (SSSR count). The van der Waals surface area contributed by atoms with Crippen LogP contribution in [0.1, 0.15) is 18.5 Å². The van der Waals surface area contributed by atoms with E-state index in [2.05, 4.69) is 5.32 Å². The second-order valence-electron chi connectivity index (χ2n) is 3.75. The Labute approximate surface area is 95.6 Å². The second-order valence-corrected chi connectivity index (χ2v) is 5.94. The summed E-state index contributed by atoms with van der Waals surface area (Å²) in [6.45, 7) is 2.57. The van der Waals surface area contributed by atoms with E-state index < -0.39 is 9.84 Å². The van der Waals surface area contributed by atoms with Gasteiger partial charge in [-0.3, -0.25) is 0 Å². The minimum Gasteiger partial charge on any atom is -0.309 e. The molecule has 0 aliphatic carbocycles. The molecule has 90 valence electrons. The summed E-state index contributed by atoms with van der Waals surface area (Å²) in [5.74, 6) is -0.301. The van der Waals surface area contributed by atoms with E-state index in [-0.39, 0.29) is 17.6 Å². The Morgan fingerprint density at radius 2 is 1.88 bits per heavy atom. The molecule has 1 unspecified atom stereocenters. The van der Waals surface area contributed by atoms with Crippen LogP contribution < -0.4 is 5.32 Å². The monoisotopic (exact) mass is 245 g/mol. The van der Waals surface area contributed by atoms with E-state index in [0.717, 1.165) is 5.56 Å². The molecular formula is C11H16FNO2S.